The molecule has 1 saturated heterocycles. The topological polar surface area (TPSA) is 79.7 Å². The number of aliphatic hydroxyl groups is 1. The Morgan fingerprint density at radius 1 is 1.03 bits per heavy atom. The first-order chi connectivity index (χ1) is 15.5. The number of hydrogen-bond acceptors (Lipinski definition) is 5. The molecule has 1 aromatic heterocycles. The lowest BCUT2D eigenvalue weighted by Gasteiger charge is -2.26. The molecular weight excluding hydrogens is 404 g/mol. The Bertz CT molecular complexity index is 1170. The lowest BCUT2D eigenvalue weighted by atomic mass is 9.94. The van der Waals surface area contributed by atoms with E-state index in [9.17, 15) is 14.7 Å². The fourth-order valence-corrected chi connectivity index (χ4v) is 3.98. The summed E-state index contributed by atoms with van der Waals surface area (Å²) in [5, 5.41) is 11.2. The summed E-state index contributed by atoms with van der Waals surface area (Å²) < 4.78 is 5.52. The lowest BCUT2D eigenvalue weighted by Crippen LogP contribution is -2.29. The van der Waals surface area contributed by atoms with Gasteiger partial charge in [0.05, 0.1) is 31.0 Å². The number of carbonyl (C=O) groups is 2. The SMILES string of the molecule is CCc1ccc(/C(O)=C2/C(=O)C(=O)N(Cc3ccccn3)C2c2ccccc2OC)cc1. The molecule has 0 radical (unpaired) electrons. The van der Waals surface area contributed by atoms with Crippen LogP contribution < -0.4 is 4.74 Å². The van der Waals surface area contributed by atoms with E-state index in [0.29, 0.717) is 22.6 Å². The molecule has 162 valence electrons. The van der Waals surface area contributed by atoms with Crippen LogP contribution in [0.25, 0.3) is 5.76 Å². The Morgan fingerprint density at radius 3 is 2.41 bits per heavy atom. The number of methoxy groups -OCH3 is 1. The number of nitrogens with zero attached hydrogens (tertiary/aromatic N) is 2. The number of ether oxygens (including phenoxy) is 1. The second-order valence-corrected chi connectivity index (χ2v) is 7.54. The van der Waals surface area contributed by atoms with Gasteiger partial charge in [0.1, 0.15) is 11.5 Å². The lowest BCUT2D eigenvalue weighted by molar-refractivity contribution is -0.140. The van der Waals surface area contributed by atoms with Gasteiger partial charge in [-0.25, -0.2) is 0 Å². The van der Waals surface area contributed by atoms with Crippen LogP contribution in [0.5, 0.6) is 5.75 Å². The van der Waals surface area contributed by atoms with Crippen LogP contribution >= 0.6 is 0 Å². The maximum Gasteiger partial charge on any atom is 0.296 e. The average Bonchev–Trinajstić information content (AvgIpc) is 3.09. The third-order valence-corrected chi connectivity index (χ3v) is 5.67. The molecule has 1 aliphatic rings. The molecule has 1 amide bonds. The summed E-state index contributed by atoms with van der Waals surface area (Å²) in [7, 11) is 1.53. The number of para-hydroxylation sites is 1. The average molecular weight is 428 g/mol. The maximum absolute atomic E-state index is 13.2. The number of aliphatic hydroxyl groups excluding tert-OH is 1. The molecule has 0 spiro atoms. The summed E-state index contributed by atoms with van der Waals surface area (Å²) in [6, 6.07) is 19.1. The van der Waals surface area contributed by atoms with Gasteiger partial charge in [-0.2, -0.15) is 0 Å². The summed E-state index contributed by atoms with van der Waals surface area (Å²) in [5.74, 6) is -1.09. The number of aromatic nitrogens is 1. The van der Waals surface area contributed by atoms with Crippen molar-refractivity contribution in [3.05, 3.63) is 101 Å². The van der Waals surface area contributed by atoms with E-state index in [-0.39, 0.29) is 17.9 Å². The quantitative estimate of drug-likeness (QED) is 0.360. The Morgan fingerprint density at radius 2 is 1.75 bits per heavy atom. The van der Waals surface area contributed by atoms with Crippen LogP contribution in [0.15, 0.2) is 78.5 Å². The van der Waals surface area contributed by atoms with Gasteiger partial charge in [0.25, 0.3) is 11.7 Å². The molecule has 1 fully saturated rings. The van der Waals surface area contributed by atoms with Crippen LogP contribution in [0.1, 0.15) is 35.3 Å². The van der Waals surface area contributed by atoms with Gasteiger partial charge in [0.2, 0.25) is 0 Å². The number of carbonyl (C=O) groups excluding carboxylic acids is 2. The van der Waals surface area contributed by atoms with Gasteiger partial charge in [-0.1, -0.05) is 55.5 Å². The Balaban J connectivity index is 1.88. The second kappa shape index (κ2) is 9.06. The predicted molar refractivity (Wildman–Crippen MR) is 121 cm³/mol. The Hall–Kier alpha value is -3.93. The first-order valence-corrected chi connectivity index (χ1v) is 10.5. The van der Waals surface area contributed by atoms with Crippen LogP contribution in [0.3, 0.4) is 0 Å². The highest BCUT2D eigenvalue weighted by atomic mass is 16.5. The molecule has 3 aromatic rings. The highest BCUT2D eigenvalue weighted by Gasteiger charge is 2.47. The van der Waals surface area contributed by atoms with E-state index in [1.54, 1.807) is 42.6 Å². The number of likely N-dealkylation sites (tertiary alicyclic amines) is 1. The van der Waals surface area contributed by atoms with E-state index in [4.69, 9.17) is 4.74 Å². The fourth-order valence-electron chi connectivity index (χ4n) is 3.98. The van der Waals surface area contributed by atoms with E-state index in [1.165, 1.54) is 12.0 Å². The van der Waals surface area contributed by atoms with E-state index in [1.807, 2.05) is 37.3 Å². The molecule has 1 aliphatic heterocycles. The van der Waals surface area contributed by atoms with Crippen LogP contribution in [-0.2, 0) is 22.6 Å². The van der Waals surface area contributed by atoms with Gasteiger partial charge in [-0.15, -0.1) is 0 Å². The molecule has 2 aromatic carbocycles. The zero-order valence-electron chi connectivity index (χ0n) is 18.0. The number of benzene rings is 2. The van der Waals surface area contributed by atoms with Crippen molar-refractivity contribution in [1.29, 1.82) is 0 Å². The first-order valence-electron chi connectivity index (χ1n) is 10.5. The molecule has 0 aliphatic carbocycles. The summed E-state index contributed by atoms with van der Waals surface area (Å²) in [4.78, 5) is 32.0. The van der Waals surface area contributed by atoms with Crippen molar-refractivity contribution >= 4 is 17.4 Å². The standard InChI is InChI=1S/C26H24N2O4/c1-3-17-11-13-18(14-12-17)24(29)22-23(20-9-4-5-10-21(20)32-2)28(26(31)25(22)30)16-19-8-6-7-15-27-19/h4-15,23,29H,3,16H2,1-2H3/b24-22-. The highest BCUT2D eigenvalue weighted by Crippen LogP contribution is 2.43. The molecule has 32 heavy (non-hydrogen) atoms. The summed E-state index contributed by atoms with van der Waals surface area (Å²) >= 11 is 0. The van der Waals surface area contributed by atoms with Crippen LogP contribution in [0.4, 0.5) is 0 Å². The third kappa shape index (κ3) is 3.87. The van der Waals surface area contributed by atoms with Gasteiger partial charge in [0.15, 0.2) is 0 Å². The molecule has 4 rings (SSSR count). The normalized spacial score (nSPS) is 17.6. The molecule has 6 nitrogen and oxygen atoms in total. The minimum absolute atomic E-state index is 0.0414. The van der Waals surface area contributed by atoms with Gasteiger partial charge in [-0.3, -0.25) is 14.6 Å². The molecule has 1 N–H and O–H groups in total. The van der Waals surface area contributed by atoms with Crippen molar-refractivity contribution in [3.8, 4) is 5.75 Å². The predicted octanol–water partition coefficient (Wildman–Crippen LogP) is 4.27. The molecule has 2 heterocycles. The van der Waals surface area contributed by atoms with Crippen molar-refractivity contribution in [2.24, 2.45) is 0 Å². The highest BCUT2D eigenvalue weighted by molar-refractivity contribution is 6.46. The molecule has 1 atom stereocenters. The van der Waals surface area contributed by atoms with Gasteiger partial charge in [0, 0.05) is 17.3 Å². The first kappa shape index (κ1) is 21.3. The number of aryl methyl sites for hydroxylation is 1. The minimum Gasteiger partial charge on any atom is -0.507 e. The van der Waals surface area contributed by atoms with Crippen molar-refractivity contribution in [2.45, 2.75) is 25.9 Å². The number of pyridine rings is 1. The molecule has 6 heteroatoms. The molecule has 0 saturated carbocycles. The summed E-state index contributed by atoms with van der Waals surface area (Å²) in [6.45, 7) is 2.17. The Labute approximate surface area is 186 Å². The van der Waals surface area contributed by atoms with Crippen LogP contribution in [0.2, 0.25) is 0 Å². The zero-order chi connectivity index (χ0) is 22.7. The van der Waals surface area contributed by atoms with Gasteiger partial charge < -0.3 is 14.7 Å². The van der Waals surface area contributed by atoms with Crippen LogP contribution in [0, 0.1) is 0 Å². The molecule has 0 bridgehead atoms. The summed E-state index contributed by atoms with van der Waals surface area (Å²) in [6.07, 6.45) is 2.50. The second-order valence-electron chi connectivity index (χ2n) is 7.54. The number of amides is 1. The van der Waals surface area contributed by atoms with E-state index < -0.39 is 17.7 Å². The zero-order valence-corrected chi connectivity index (χ0v) is 18.0. The number of hydrogen-bond donors (Lipinski definition) is 1. The largest absolute Gasteiger partial charge is 0.507 e. The van der Waals surface area contributed by atoms with Gasteiger partial charge in [-0.05, 0) is 30.2 Å². The molecular formula is C26H24N2O4. The van der Waals surface area contributed by atoms with Crippen molar-refractivity contribution in [3.63, 3.8) is 0 Å². The van der Waals surface area contributed by atoms with Crippen molar-refractivity contribution in [1.82, 2.24) is 9.88 Å². The van der Waals surface area contributed by atoms with Crippen molar-refractivity contribution < 1.29 is 19.4 Å². The van der Waals surface area contributed by atoms with Crippen LogP contribution in [-0.4, -0.2) is 33.8 Å². The van der Waals surface area contributed by atoms with E-state index in [0.717, 1.165) is 12.0 Å². The third-order valence-electron chi connectivity index (χ3n) is 5.67. The smallest absolute Gasteiger partial charge is 0.296 e. The van der Waals surface area contributed by atoms with E-state index in [2.05, 4.69) is 4.98 Å². The van der Waals surface area contributed by atoms with Crippen molar-refractivity contribution in [2.75, 3.05) is 7.11 Å². The number of rotatable bonds is 6. The monoisotopic (exact) mass is 428 g/mol. The maximum atomic E-state index is 13.2. The minimum atomic E-state index is -0.806. The van der Waals surface area contributed by atoms with Gasteiger partial charge >= 0.3 is 0 Å². The number of ketones is 1. The van der Waals surface area contributed by atoms with E-state index >= 15 is 0 Å². The molecule has 1 unspecified atom stereocenters. The fraction of sp³-hybridized carbons (Fsp3) is 0.192. The summed E-state index contributed by atoms with van der Waals surface area (Å²) in [5.41, 5.74) is 2.90. The number of Topliss-reactive ketones (excluding diaryl/α,β-unsaturated/α-hetero) is 1. The Kier molecular flexibility index (Phi) is 6.03.